The fourth-order valence-corrected chi connectivity index (χ4v) is 4.88. The number of likely N-dealkylation sites (N-methyl/N-ethyl adjacent to an activating group) is 1. The Balaban J connectivity index is 1.27. The Morgan fingerprint density at radius 2 is 1.98 bits per heavy atom. The molecule has 0 radical (unpaired) electrons. The van der Waals surface area contributed by atoms with Gasteiger partial charge in [0.2, 0.25) is 0 Å². The molecule has 5 aromatic rings. The first kappa shape index (κ1) is 28.3. The molecule has 14 nitrogen and oxygen atoms in total. The summed E-state index contributed by atoms with van der Waals surface area (Å²) in [6.07, 6.45) is 6.23. The molecule has 1 aliphatic rings. The van der Waals surface area contributed by atoms with Crippen molar-refractivity contribution in [1.29, 1.82) is 0 Å². The first-order valence-electron chi connectivity index (χ1n) is 13.7. The van der Waals surface area contributed by atoms with E-state index in [1.165, 1.54) is 21.5 Å². The highest BCUT2D eigenvalue weighted by atomic mass is 19.3. The molecular formula is C27H30F2N12O2. The molecular weight excluding hydrogens is 562 g/mol. The van der Waals surface area contributed by atoms with E-state index in [0.29, 0.717) is 18.0 Å². The molecule has 0 bridgehead atoms. The molecule has 1 aliphatic heterocycles. The van der Waals surface area contributed by atoms with Gasteiger partial charge in [0.05, 0.1) is 18.4 Å². The van der Waals surface area contributed by atoms with Crippen LogP contribution in [0.25, 0.3) is 16.9 Å². The number of anilines is 1. The number of halogens is 2. The number of piperazine rings is 1. The minimum Gasteiger partial charge on any atom is -0.434 e. The van der Waals surface area contributed by atoms with Gasteiger partial charge in [-0.2, -0.15) is 23.8 Å². The zero-order valence-electron chi connectivity index (χ0n) is 23.6. The van der Waals surface area contributed by atoms with Gasteiger partial charge in [-0.25, -0.2) is 9.50 Å². The number of aromatic nitrogens is 9. The van der Waals surface area contributed by atoms with Crippen molar-refractivity contribution in [3.8, 4) is 17.0 Å². The standard InChI is InChI=1S/C27H30F2N12O2/c1-18-4-5-22(43-27(28)29)19(14-18)24-21(32-26(42)20-15-31-40-7-3-6-30-25(20)40)16-39(35-24)17-23-33-36-41(34-23)13-12-38-10-8-37(2)9-11-38/h3-7,14-16,27H,8-13,17H2,1-2H3,(H,32,42). The van der Waals surface area contributed by atoms with Gasteiger partial charge in [-0.1, -0.05) is 11.6 Å². The molecule has 5 heterocycles. The topological polar surface area (TPSA) is 136 Å². The van der Waals surface area contributed by atoms with E-state index in [9.17, 15) is 13.6 Å². The number of fused-ring (bicyclic) bond motifs is 1. The second kappa shape index (κ2) is 12.2. The summed E-state index contributed by atoms with van der Waals surface area (Å²) < 4.78 is 34.4. The van der Waals surface area contributed by atoms with E-state index >= 15 is 0 Å². The first-order valence-corrected chi connectivity index (χ1v) is 13.7. The summed E-state index contributed by atoms with van der Waals surface area (Å²) in [4.78, 5) is 23.8. The van der Waals surface area contributed by atoms with Crippen molar-refractivity contribution < 1.29 is 18.3 Å². The van der Waals surface area contributed by atoms with Crippen LogP contribution in [0.5, 0.6) is 5.75 Å². The van der Waals surface area contributed by atoms with Gasteiger partial charge in [-0.05, 0) is 37.4 Å². The van der Waals surface area contributed by atoms with Crippen LogP contribution >= 0.6 is 0 Å². The highest BCUT2D eigenvalue weighted by Gasteiger charge is 2.22. The fraction of sp³-hybridized carbons (Fsp3) is 0.370. The number of benzene rings is 1. The number of amides is 1. The summed E-state index contributed by atoms with van der Waals surface area (Å²) in [5.41, 5.74) is 2.18. The van der Waals surface area contributed by atoms with E-state index in [-0.39, 0.29) is 34.8 Å². The van der Waals surface area contributed by atoms with Crippen molar-refractivity contribution in [2.24, 2.45) is 0 Å². The third-order valence-electron chi connectivity index (χ3n) is 7.15. The number of hydrogen-bond acceptors (Lipinski definition) is 10. The second-order valence-corrected chi connectivity index (χ2v) is 10.3. The average molecular weight is 593 g/mol. The lowest BCUT2D eigenvalue weighted by atomic mass is 10.1. The zero-order chi connectivity index (χ0) is 29.9. The molecule has 0 saturated carbocycles. The number of nitrogens with one attached hydrogen (secondary N) is 1. The van der Waals surface area contributed by atoms with Crippen LogP contribution in [-0.2, 0) is 13.1 Å². The molecule has 43 heavy (non-hydrogen) atoms. The van der Waals surface area contributed by atoms with E-state index in [1.807, 2.05) is 6.92 Å². The van der Waals surface area contributed by atoms with Gasteiger partial charge in [0.1, 0.15) is 23.6 Å². The Labute approximate surface area is 244 Å². The van der Waals surface area contributed by atoms with Gasteiger partial charge < -0.3 is 15.0 Å². The number of rotatable bonds is 10. The van der Waals surface area contributed by atoms with Crippen LogP contribution in [0.1, 0.15) is 21.7 Å². The Bertz CT molecular complexity index is 1720. The molecule has 0 spiro atoms. The van der Waals surface area contributed by atoms with Gasteiger partial charge in [-0.3, -0.25) is 14.4 Å². The third-order valence-corrected chi connectivity index (χ3v) is 7.15. The number of hydrogen-bond donors (Lipinski definition) is 1. The quantitative estimate of drug-likeness (QED) is 0.257. The number of alkyl halides is 2. The maximum absolute atomic E-state index is 13.4. The molecule has 0 unspecified atom stereocenters. The summed E-state index contributed by atoms with van der Waals surface area (Å²) in [5, 5.41) is 24.5. The van der Waals surface area contributed by atoms with Crippen molar-refractivity contribution in [2.75, 3.05) is 45.1 Å². The maximum atomic E-state index is 13.4. The number of tetrazole rings is 1. The lowest BCUT2D eigenvalue weighted by Gasteiger charge is -2.31. The molecule has 224 valence electrons. The second-order valence-electron chi connectivity index (χ2n) is 10.3. The van der Waals surface area contributed by atoms with Crippen molar-refractivity contribution in [3.63, 3.8) is 0 Å². The lowest BCUT2D eigenvalue weighted by Crippen LogP contribution is -2.45. The summed E-state index contributed by atoms with van der Waals surface area (Å²) in [6, 6.07) is 6.47. The highest BCUT2D eigenvalue weighted by Crippen LogP contribution is 2.36. The Morgan fingerprint density at radius 1 is 1.14 bits per heavy atom. The molecule has 6 rings (SSSR count). The van der Waals surface area contributed by atoms with Gasteiger partial charge in [0, 0.05) is 56.9 Å². The van der Waals surface area contributed by atoms with Crippen molar-refractivity contribution in [1.82, 2.24) is 54.4 Å². The molecule has 1 fully saturated rings. The smallest absolute Gasteiger partial charge is 0.387 e. The van der Waals surface area contributed by atoms with Crippen LogP contribution in [0.2, 0.25) is 0 Å². The molecule has 0 aliphatic carbocycles. The highest BCUT2D eigenvalue weighted by molar-refractivity contribution is 6.09. The zero-order valence-corrected chi connectivity index (χ0v) is 23.6. The van der Waals surface area contributed by atoms with E-state index in [0.717, 1.165) is 38.3 Å². The Kier molecular flexibility index (Phi) is 8.02. The number of ether oxygens (including phenoxy) is 1. The van der Waals surface area contributed by atoms with E-state index < -0.39 is 12.5 Å². The molecule has 4 aromatic heterocycles. The largest absolute Gasteiger partial charge is 0.434 e. The SMILES string of the molecule is Cc1ccc(OC(F)F)c(-c2nn(Cc3nnn(CCN4CCN(C)CC4)n3)cc2NC(=O)c2cnn3cccnc23)c1. The minimum absolute atomic E-state index is 0.0769. The lowest BCUT2D eigenvalue weighted by molar-refractivity contribution is -0.0494. The van der Waals surface area contributed by atoms with E-state index in [2.05, 4.69) is 52.8 Å². The molecule has 1 saturated heterocycles. The monoisotopic (exact) mass is 592 g/mol. The maximum Gasteiger partial charge on any atom is 0.387 e. The molecule has 16 heteroatoms. The molecule has 1 aromatic carbocycles. The van der Waals surface area contributed by atoms with Gasteiger partial charge in [0.15, 0.2) is 11.5 Å². The van der Waals surface area contributed by atoms with E-state index in [4.69, 9.17) is 4.74 Å². The van der Waals surface area contributed by atoms with E-state index in [1.54, 1.807) is 41.6 Å². The van der Waals surface area contributed by atoms with Crippen molar-refractivity contribution in [3.05, 3.63) is 66.0 Å². The fourth-order valence-electron chi connectivity index (χ4n) is 4.88. The Hall–Kier alpha value is -4.83. The van der Waals surface area contributed by atoms with Crippen molar-refractivity contribution in [2.45, 2.75) is 26.6 Å². The normalized spacial score (nSPS) is 14.5. The molecule has 1 N–H and O–H groups in total. The van der Waals surface area contributed by atoms with Crippen LogP contribution in [0.3, 0.4) is 0 Å². The van der Waals surface area contributed by atoms with Crippen molar-refractivity contribution >= 4 is 17.2 Å². The third kappa shape index (κ3) is 6.49. The molecule has 0 atom stereocenters. The summed E-state index contributed by atoms with van der Waals surface area (Å²) >= 11 is 0. The van der Waals surface area contributed by atoms with Crippen LogP contribution in [0.4, 0.5) is 14.5 Å². The van der Waals surface area contributed by atoms with Crippen LogP contribution < -0.4 is 10.1 Å². The van der Waals surface area contributed by atoms with Crippen LogP contribution in [-0.4, -0.2) is 107 Å². The average Bonchev–Trinajstić information content (AvgIpc) is 3.72. The summed E-state index contributed by atoms with van der Waals surface area (Å²) in [6.45, 7) is 4.33. The van der Waals surface area contributed by atoms with Crippen LogP contribution in [0.15, 0.2) is 49.1 Å². The van der Waals surface area contributed by atoms with Crippen LogP contribution in [0, 0.1) is 6.92 Å². The number of nitrogens with zero attached hydrogens (tertiary/aromatic N) is 11. The predicted octanol–water partition coefficient (Wildman–Crippen LogP) is 2.04. The molecule has 1 amide bonds. The number of aryl methyl sites for hydroxylation is 1. The Morgan fingerprint density at radius 3 is 2.79 bits per heavy atom. The van der Waals surface area contributed by atoms with Gasteiger partial charge in [-0.15, -0.1) is 10.2 Å². The number of carbonyl (C=O) groups is 1. The van der Waals surface area contributed by atoms with Gasteiger partial charge in [0.25, 0.3) is 5.91 Å². The summed E-state index contributed by atoms with van der Waals surface area (Å²) in [7, 11) is 2.11. The summed E-state index contributed by atoms with van der Waals surface area (Å²) in [5.74, 6) is -0.163. The first-order chi connectivity index (χ1) is 20.8. The predicted molar refractivity (Wildman–Crippen MR) is 151 cm³/mol. The number of carbonyl (C=O) groups excluding carboxylic acids is 1. The minimum atomic E-state index is -3.04. The van der Waals surface area contributed by atoms with Gasteiger partial charge >= 0.3 is 6.61 Å².